The number of carbonyl (C=O) groups excluding carboxylic acids is 1. The molecule has 8 atom stereocenters. The van der Waals surface area contributed by atoms with Gasteiger partial charge in [0.2, 0.25) is 0 Å². The molecule has 0 spiro atoms. The van der Waals surface area contributed by atoms with Crippen LogP contribution < -0.4 is 0 Å². The van der Waals surface area contributed by atoms with Crippen LogP contribution in [0, 0.1) is 40.9 Å². The summed E-state index contributed by atoms with van der Waals surface area (Å²) >= 11 is 0. The molecule has 1 heterocycles. The summed E-state index contributed by atoms with van der Waals surface area (Å²) in [5.41, 5.74) is -1.76. The van der Waals surface area contributed by atoms with Crippen molar-refractivity contribution in [1.82, 2.24) is 20.2 Å². The number of rotatable bonds is 4. The van der Waals surface area contributed by atoms with Gasteiger partial charge in [0.25, 0.3) is 6.43 Å². The topological polar surface area (TPSA) is 80.9 Å². The SMILES string of the molecule is C[C@]12CC[C@H]3[C@@H](CC[C@H]4C[C@@](O)(C(F)F)CC[C@@H]43)[C@@H]1CC[C@@H]2C(=O)Cn1ncnn1. The molecule has 0 saturated heterocycles. The van der Waals surface area contributed by atoms with Crippen LogP contribution in [0.15, 0.2) is 6.33 Å². The lowest BCUT2D eigenvalue weighted by atomic mass is 9.49. The molecular weight excluding hydrogens is 390 g/mol. The van der Waals surface area contributed by atoms with Crippen LogP contribution in [0.3, 0.4) is 0 Å². The molecule has 0 unspecified atom stereocenters. The fourth-order valence-electron chi connectivity index (χ4n) is 8.15. The van der Waals surface area contributed by atoms with Gasteiger partial charge >= 0.3 is 0 Å². The van der Waals surface area contributed by atoms with Crippen LogP contribution in [0.4, 0.5) is 8.78 Å². The van der Waals surface area contributed by atoms with Crippen molar-refractivity contribution in [1.29, 1.82) is 0 Å². The third-order valence-corrected chi connectivity index (χ3v) is 9.53. The normalized spacial score (nSPS) is 45.6. The van der Waals surface area contributed by atoms with Gasteiger partial charge in [-0.05, 0) is 98.0 Å². The summed E-state index contributed by atoms with van der Waals surface area (Å²) in [6.07, 6.45) is 6.02. The molecule has 4 fully saturated rings. The third-order valence-electron chi connectivity index (χ3n) is 9.53. The van der Waals surface area contributed by atoms with E-state index in [4.69, 9.17) is 0 Å². The van der Waals surface area contributed by atoms with Gasteiger partial charge in [-0.3, -0.25) is 4.79 Å². The Labute approximate surface area is 175 Å². The lowest BCUT2D eigenvalue weighted by Crippen LogP contribution is -2.53. The van der Waals surface area contributed by atoms with Gasteiger partial charge in [0.05, 0.1) is 0 Å². The van der Waals surface area contributed by atoms with Gasteiger partial charge < -0.3 is 5.11 Å². The van der Waals surface area contributed by atoms with E-state index in [2.05, 4.69) is 22.3 Å². The molecule has 0 aromatic carbocycles. The molecule has 1 N–H and O–H groups in total. The Kier molecular flexibility index (Phi) is 4.99. The van der Waals surface area contributed by atoms with Crippen LogP contribution >= 0.6 is 0 Å². The van der Waals surface area contributed by atoms with E-state index in [0.29, 0.717) is 23.7 Å². The zero-order chi connectivity index (χ0) is 21.1. The number of tetrazole rings is 1. The van der Waals surface area contributed by atoms with Gasteiger partial charge in [-0.15, -0.1) is 10.2 Å². The molecule has 4 aliphatic carbocycles. The van der Waals surface area contributed by atoms with E-state index < -0.39 is 12.0 Å². The Morgan fingerprint density at radius 2 is 1.93 bits per heavy atom. The molecule has 0 radical (unpaired) electrons. The van der Waals surface area contributed by atoms with E-state index in [0.717, 1.165) is 44.9 Å². The van der Waals surface area contributed by atoms with Gasteiger partial charge in [0, 0.05) is 5.92 Å². The first-order chi connectivity index (χ1) is 14.3. The van der Waals surface area contributed by atoms with Crippen molar-refractivity contribution in [3.63, 3.8) is 0 Å². The molecule has 0 aliphatic heterocycles. The van der Waals surface area contributed by atoms with Gasteiger partial charge in [0.1, 0.15) is 12.1 Å². The number of aliphatic hydroxyl groups is 1. The number of halogens is 2. The molecule has 5 rings (SSSR count). The minimum atomic E-state index is -2.65. The van der Waals surface area contributed by atoms with Gasteiger partial charge in [-0.1, -0.05) is 6.92 Å². The molecule has 8 heteroatoms. The quantitative estimate of drug-likeness (QED) is 0.803. The highest BCUT2D eigenvalue weighted by Gasteiger charge is 2.59. The fraction of sp³-hybridized carbons (Fsp3) is 0.909. The van der Waals surface area contributed by atoms with E-state index >= 15 is 0 Å². The van der Waals surface area contributed by atoms with Crippen molar-refractivity contribution in [2.45, 2.75) is 83.3 Å². The molecule has 30 heavy (non-hydrogen) atoms. The van der Waals surface area contributed by atoms with E-state index in [1.54, 1.807) is 0 Å². The van der Waals surface area contributed by atoms with E-state index in [1.165, 1.54) is 11.1 Å². The van der Waals surface area contributed by atoms with Crippen molar-refractivity contribution in [3.05, 3.63) is 6.33 Å². The highest BCUT2D eigenvalue weighted by atomic mass is 19.3. The van der Waals surface area contributed by atoms with Crippen molar-refractivity contribution in [3.8, 4) is 0 Å². The molecule has 1 aromatic rings. The molecular formula is C22H32F2N4O2. The standard InChI is InChI=1S/C22H32F2N4O2/c1-21-8-6-15-14-7-9-22(30,20(23)24)10-13(14)2-3-16(15)17(21)4-5-18(21)19(29)11-28-26-12-25-27-28/h12-18,20,30H,2-11H2,1H3/t13-,14-,15+,16+,17-,18+,21-,22+/m0/s1. The predicted molar refractivity (Wildman–Crippen MR) is 104 cm³/mol. The number of ketones is 1. The van der Waals surface area contributed by atoms with Gasteiger partial charge in [0.15, 0.2) is 12.1 Å². The van der Waals surface area contributed by atoms with E-state index in [9.17, 15) is 18.7 Å². The number of Topliss-reactive ketones (excluding diaryl/α,β-unsaturated/α-hetero) is 1. The van der Waals surface area contributed by atoms with Gasteiger partial charge in [-0.2, -0.15) is 4.80 Å². The Morgan fingerprint density at radius 3 is 2.67 bits per heavy atom. The summed E-state index contributed by atoms with van der Waals surface area (Å²) < 4.78 is 26.8. The first-order valence-corrected chi connectivity index (χ1v) is 11.6. The summed E-state index contributed by atoms with van der Waals surface area (Å²) in [5, 5.41) is 21.9. The molecule has 6 nitrogen and oxygen atoms in total. The van der Waals surface area contributed by atoms with Gasteiger partial charge in [-0.25, -0.2) is 8.78 Å². The molecule has 166 valence electrons. The monoisotopic (exact) mass is 422 g/mol. The number of hydrogen-bond acceptors (Lipinski definition) is 5. The fourth-order valence-corrected chi connectivity index (χ4v) is 8.15. The van der Waals surface area contributed by atoms with Crippen molar-refractivity contribution in [2.24, 2.45) is 40.9 Å². The minimum absolute atomic E-state index is 0.0179. The van der Waals surface area contributed by atoms with Crippen LogP contribution in [0.5, 0.6) is 0 Å². The minimum Gasteiger partial charge on any atom is -0.384 e. The summed E-state index contributed by atoms with van der Waals surface area (Å²) in [5.74, 6) is 2.62. The molecule has 0 amide bonds. The van der Waals surface area contributed by atoms with Crippen molar-refractivity contribution < 1.29 is 18.7 Å². The number of aromatic nitrogens is 4. The first kappa shape index (κ1) is 20.5. The number of alkyl halides is 2. The first-order valence-electron chi connectivity index (χ1n) is 11.6. The lowest BCUT2D eigenvalue weighted by molar-refractivity contribution is -0.160. The van der Waals surface area contributed by atoms with Crippen LogP contribution in [-0.4, -0.2) is 43.1 Å². The second-order valence-electron chi connectivity index (χ2n) is 10.7. The predicted octanol–water partition coefficient (Wildman–Crippen LogP) is 3.51. The second kappa shape index (κ2) is 7.31. The summed E-state index contributed by atoms with van der Waals surface area (Å²) in [6.45, 7) is 2.50. The molecule has 4 aliphatic rings. The Morgan fingerprint density at radius 1 is 1.13 bits per heavy atom. The molecule has 1 aromatic heterocycles. The van der Waals surface area contributed by atoms with Crippen molar-refractivity contribution >= 4 is 5.78 Å². The van der Waals surface area contributed by atoms with Crippen LogP contribution in [0.25, 0.3) is 0 Å². The highest BCUT2D eigenvalue weighted by Crippen LogP contribution is 2.64. The summed E-state index contributed by atoms with van der Waals surface area (Å²) in [6, 6.07) is 0. The average molecular weight is 423 g/mol. The summed E-state index contributed by atoms with van der Waals surface area (Å²) in [4.78, 5) is 14.4. The lowest BCUT2D eigenvalue weighted by Gasteiger charge is -2.57. The maximum atomic E-state index is 13.4. The van der Waals surface area contributed by atoms with Crippen LogP contribution in [-0.2, 0) is 11.3 Å². The Balaban J connectivity index is 1.30. The molecule has 0 bridgehead atoms. The molecule has 4 saturated carbocycles. The maximum Gasteiger partial charge on any atom is 0.266 e. The number of nitrogens with zero attached hydrogens (tertiary/aromatic N) is 4. The average Bonchev–Trinajstić information content (AvgIpc) is 3.34. The zero-order valence-corrected chi connectivity index (χ0v) is 17.6. The van der Waals surface area contributed by atoms with Crippen LogP contribution in [0.2, 0.25) is 0 Å². The van der Waals surface area contributed by atoms with Crippen molar-refractivity contribution in [2.75, 3.05) is 0 Å². The van der Waals surface area contributed by atoms with E-state index in [-0.39, 0.29) is 42.4 Å². The maximum absolute atomic E-state index is 13.4. The third kappa shape index (κ3) is 3.12. The van der Waals surface area contributed by atoms with Crippen LogP contribution in [0.1, 0.15) is 64.7 Å². The van der Waals surface area contributed by atoms with E-state index in [1.807, 2.05) is 0 Å². The number of fused-ring (bicyclic) bond motifs is 5. The largest absolute Gasteiger partial charge is 0.384 e. The zero-order valence-electron chi connectivity index (χ0n) is 17.6. The Hall–Kier alpha value is -1.44. The Bertz CT molecular complexity index is 790. The smallest absolute Gasteiger partial charge is 0.266 e. The highest BCUT2D eigenvalue weighted by molar-refractivity contribution is 5.81. The summed E-state index contributed by atoms with van der Waals surface area (Å²) in [7, 11) is 0. The number of hydrogen-bond donors (Lipinski definition) is 1. The number of carbonyl (C=O) groups is 1. The second-order valence-corrected chi connectivity index (χ2v) is 10.7.